The maximum Gasteiger partial charge on any atom is 0.416 e. The monoisotopic (exact) mass is 289 g/mol. The maximum atomic E-state index is 12.6. The van der Waals surface area contributed by atoms with Crippen molar-refractivity contribution in [2.75, 3.05) is 11.4 Å². The molecule has 0 spiro atoms. The molecule has 0 aromatic heterocycles. The van der Waals surface area contributed by atoms with E-state index in [2.05, 4.69) is 0 Å². The van der Waals surface area contributed by atoms with Crippen LogP contribution >= 0.6 is 0 Å². The molecule has 1 aliphatic heterocycles. The zero-order valence-electron chi connectivity index (χ0n) is 10.7. The molecule has 8 heteroatoms. The van der Waals surface area contributed by atoms with Gasteiger partial charge in [0.1, 0.15) is 5.69 Å². The van der Waals surface area contributed by atoms with E-state index < -0.39 is 22.4 Å². The first-order valence-corrected chi connectivity index (χ1v) is 6.09. The molecular formula is C12H14F3N3O2. The summed E-state index contributed by atoms with van der Waals surface area (Å²) in [4.78, 5) is 11.9. The summed E-state index contributed by atoms with van der Waals surface area (Å²) in [5, 5.41) is 11.0. The van der Waals surface area contributed by atoms with Gasteiger partial charge in [-0.15, -0.1) is 0 Å². The van der Waals surface area contributed by atoms with Crippen molar-refractivity contribution in [3.8, 4) is 0 Å². The SMILES string of the molecule is CC1C(N)CCN1c1ccc(C(F)(F)F)cc1[N+](=O)[O-]. The summed E-state index contributed by atoms with van der Waals surface area (Å²) in [7, 11) is 0. The van der Waals surface area contributed by atoms with Gasteiger partial charge in [0.05, 0.1) is 10.5 Å². The minimum Gasteiger partial charge on any atom is -0.362 e. The fraction of sp³-hybridized carbons (Fsp3) is 0.500. The lowest BCUT2D eigenvalue weighted by molar-refractivity contribution is -0.384. The summed E-state index contributed by atoms with van der Waals surface area (Å²) in [6.45, 7) is 2.30. The van der Waals surface area contributed by atoms with Crippen molar-refractivity contribution in [1.29, 1.82) is 0 Å². The van der Waals surface area contributed by atoms with Gasteiger partial charge in [-0.3, -0.25) is 10.1 Å². The molecule has 1 fully saturated rings. The highest BCUT2D eigenvalue weighted by atomic mass is 19.4. The molecule has 20 heavy (non-hydrogen) atoms. The first-order chi connectivity index (χ1) is 9.21. The molecule has 2 unspecified atom stereocenters. The first-order valence-electron chi connectivity index (χ1n) is 6.09. The van der Waals surface area contributed by atoms with Gasteiger partial charge in [-0.05, 0) is 25.5 Å². The second-order valence-electron chi connectivity index (χ2n) is 4.84. The Morgan fingerprint density at radius 3 is 2.55 bits per heavy atom. The summed E-state index contributed by atoms with van der Waals surface area (Å²) in [5.41, 5.74) is 4.46. The smallest absolute Gasteiger partial charge is 0.362 e. The number of nitro benzene ring substituents is 1. The van der Waals surface area contributed by atoms with Gasteiger partial charge in [-0.2, -0.15) is 13.2 Å². The van der Waals surface area contributed by atoms with Crippen LogP contribution in [0.5, 0.6) is 0 Å². The fourth-order valence-corrected chi connectivity index (χ4v) is 2.39. The summed E-state index contributed by atoms with van der Waals surface area (Å²) in [6, 6.07) is 2.29. The van der Waals surface area contributed by atoms with E-state index in [-0.39, 0.29) is 17.8 Å². The third-order valence-electron chi connectivity index (χ3n) is 3.62. The minimum atomic E-state index is -4.60. The van der Waals surface area contributed by atoms with Gasteiger partial charge < -0.3 is 10.6 Å². The van der Waals surface area contributed by atoms with E-state index in [4.69, 9.17) is 5.73 Å². The molecule has 5 nitrogen and oxygen atoms in total. The number of rotatable bonds is 2. The number of halogens is 3. The van der Waals surface area contributed by atoms with Gasteiger partial charge in [-0.1, -0.05) is 0 Å². The molecular weight excluding hydrogens is 275 g/mol. The van der Waals surface area contributed by atoms with Gasteiger partial charge in [0.15, 0.2) is 0 Å². The van der Waals surface area contributed by atoms with E-state index in [0.29, 0.717) is 19.0 Å². The van der Waals surface area contributed by atoms with Crippen molar-refractivity contribution in [3.63, 3.8) is 0 Å². The van der Waals surface area contributed by atoms with E-state index in [1.165, 1.54) is 0 Å². The van der Waals surface area contributed by atoms with E-state index in [9.17, 15) is 23.3 Å². The summed E-state index contributed by atoms with van der Waals surface area (Å²) >= 11 is 0. The number of hydrogen-bond donors (Lipinski definition) is 1. The highest BCUT2D eigenvalue weighted by molar-refractivity contribution is 5.66. The lowest BCUT2D eigenvalue weighted by Crippen LogP contribution is -2.37. The third kappa shape index (κ3) is 2.55. The zero-order chi connectivity index (χ0) is 15.1. The van der Waals surface area contributed by atoms with E-state index >= 15 is 0 Å². The van der Waals surface area contributed by atoms with Crippen LogP contribution < -0.4 is 10.6 Å². The van der Waals surface area contributed by atoms with Crippen LogP contribution in [0.4, 0.5) is 24.5 Å². The molecule has 0 bridgehead atoms. The van der Waals surface area contributed by atoms with Crippen LogP contribution in [-0.2, 0) is 6.18 Å². The summed E-state index contributed by atoms with van der Waals surface area (Å²) < 4.78 is 37.9. The molecule has 1 saturated heterocycles. The minimum absolute atomic E-state index is 0.142. The number of alkyl halides is 3. The number of benzene rings is 1. The highest BCUT2D eigenvalue weighted by Crippen LogP contribution is 2.38. The lowest BCUT2D eigenvalue weighted by atomic mass is 10.1. The van der Waals surface area contributed by atoms with Gasteiger partial charge in [0, 0.05) is 24.7 Å². The van der Waals surface area contributed by atoms with Crippen LogP contribution in [0, 0.1) is 10.1 Å². The van der Waals surface area contributed by atoms with Crippen LogP contribution in [-0.4, -0.2) is 23.6 Å². The van der Waals surface area contributed by atoms with Crippen molar-refractivity contribution in [1.82, 2.24) is 0 Å². The van der Waals surface area contributed by atoms with Crippen LogP contribution in [0.2, 0.25) is 0 Å². The first kappa shape index (κ1) is 14.6. The molecule has 2 atom stereocenters. The van der Waals surface area contributed by atoms with Crippen LogP contribution in [0.1, 0.15) is 18.9 Å². The van der Waals surface area contributed by atoms with Crippen LogP contribution in [0.15, 0.2) is 18.2 Å². The van der Waals surface area contributed by atoms with Gasteiger partial charge in [-0.25, -0.2) is 0 Å². The Morgan fingerprint density at radius 1 is 1.45 bits per heavy atom. The molecule has 2 rings (SSSR count). The normalized spacial score (nSPS) is 23.1. The second-order valence-corrected chi connectivity index (χ2v) is 4.84. The molecule has 1 heterocycles. The van der Waals surface area contributed by atoms with Gasteiger partial charge in [0.2, 0.25) is 0 Å². The van der Waals surface area contributed by atoms with E-state index in [1.807, 2.05) is 0 Å². The molecule has 1 aliphatic rings. The average Bonchev–Trinajstić information content (AvgIpc) is 2.68. The van der Waals surface area contributed by atoms with Crippen molar-refractivity contribution in [2.45, 2.75) is 31.6 Å². The van der Waals surface area contributed by atoms with Crippen molar-refractivity contribution in [3.05, 3.63) is 33.9 Å². The molecule has 1 aromatic rings. The number of nitrogens with zero attached hydrogens (tertiary/aromatic N) is 2. The Bertz CT molecular complexity index is 533. The summed E-state index contributed by atoms with van der Waals surface area (Å²) in [6.07, 6.45) is -3.95. The van der Waals surface area contributed by atoms with Crippen molar-refractivity contribution < 1.29 is 18.1 Å². The number of hydrogen-bond acceptors (Lipinski definition) is 4. The van der Waals surface area contributed by atoms with Gasteiger partial charge >= 0.3 is 6.18 Å². The Morgan fingerprint density at radius 2 is 2.10 bits per heavy atom. The third-order valence-corrected chi connectivity index (χ3v) is 3.62. The quantitative estimate of drug-likeness (QED) is 0.670. The largest absolute Gasteiger partial charge is 0.416 e. The number of nitro groups is 1. The molecule has 1 aromatic carbocycles. The Hall–Kier alpha value is -1.83. The molecule has 0 saturated carbocycles. The predicted molar refractivity (Wildman–Crippen MR) is 67.5 cm³/mol. The van der Waals surface area contributed by atoms with Crippen molar-refractivity contribution in [2.24, 2.45) is 5.73 Å². The maximum absolute atomic E-state index is 12.6. The standard InChI is InChI=1S/C12H14F3N3O2/c1-7-9(16)4-5-17(7)10-3-2-8(12(13,14)15)6-11(10)18(19)20/h2-3,6-7,9H,4-5,16H2,1H3. The number of anilines is 1. The topological polar surface area (TPSA) is 72.4 Å². The van der Waals surface area contributed by atoms with E-state index in [0.717, 1.165) is 12.1 Å². The fourth-order valence-electron chi connectivity index (χ4n) is 2.39. The van der Waals surface area contributed by atoms with Crippen LogP contribution in [0.25, 0.3) is 0 Å². The average molecular weight is 289 g/mol. The molecule has 110 valence electrons. The Labute approximate surface area is 113 Å². The molecule has 2 N–H and O–H groups in total. The van der Waals surface area contributed by atoms with Gasteiger partial charge in [0.25, 0.3) is 5.69 Å². The molecule has 0 radical (unpaired) electrons. The van der Waals surface area contributed by atoms with Crippen LogP contribution in [0.3, 0.4) is 0 Å². The molecule has 0 aliphatic carbocycles. The van der Waals surface area contributed by atoms with E-state index in [1.54, 1.807) is 11.8 Å². The molecule has 0 amide bonds. The second kappa shape index (κ2) is 4.93. The van der Waals surface area contributed by atoms with Crippen molar-refractivity contribution >= 4 is 11.4 Å². The summed E-state index contributed by atoms with van der Waals surface area (Å²) in [5.74, 6) is 0. The number of nitrogens with two attached hydrogens (primary N) is 1. The Balaban J connectivity index is 2.46. The zero-order valence-corrected chi connectivity index (χ0v) is 10.7. The lowest BCUT2D eigenvalue weighted by Gasteiger charge is -2.25. The highest BCUT2D eigenvalue weighted by Gasteiger charge is 2.36. The predicted octanol–water partition coefficient (Wildman–Crippen LogP) is 2.54. The Kier molecular flexibility index (Phi) is 3.59.